The van der Waals surface area contributed by atoms with Crippen LogP contribution in [-0.2, 0) is 9.59 Å². The van der Waals surface area contributed by atoms with Gasteiger partial charge in [-0.15, -0.1) is 0 Å². The average Bonchev–Trinajstić information content (AvgIpc) is 3.28. The predicted molar refractivity (Wildman–Crippen MR) is 129 cm³/mol. The van der Waals surface area contributed by atoms with E-state index in [1.54, 1.807) is 0 Å². The number of allylic oxidation sites excluding steroid dienone is 2. The van der Waals surface area contributed by atoms with Crippen molar-refractivity contribution < 1.29 is 9.59 Å². The van der Waals surface area contributed by atoms with Gasteiger partial charge in [0.15, 0.2) is 0 Å². The topological polar surface area (TPSA) is 58.2 Å². The summed E-state index contributed by atoms with van der Waals surface area (Å²) in [4.78, 5) is 26.1. The van der Waals surface area contributed by atoms with Crippen molar-refractivity contribution in [3.63, 3.8) is 0 Å². The molecule has 0 bridgehead atoms. The van der Waals surface area contributed by atoms with Crippen LogP contribution in [0, 0.1) is 6.92 Å². The number of hydrogen-bond donors (Lipinski definition) is 2. The quantitative estimate of drug-likeness (QED) is 0.626. The molecule has 2 aliphatic heterocycles. The molecule has 2 heterocycles. The second-order valence-electron chi connectivity index (χ2n) is 8.79. The minimum absolute atomic E-state index is 0.194. The van der Waals surface area contributed by atoms with Crippen LogP contribution in [0.5, 0.6) is 0 Å². The molecule has 4 heteroatoms. The SMILES string of the molecule is Cc1ccccc(C2=C3C(=O)NC(/C4=C/CCCCCCCCC4)=C3C(=O)N2)cccc1. The molecule has 4 rings (SSSR count). The van der Waals surface area contributed by atoms with E-state index in [4.69, 9.17) is 0 Å². The van der Waals surface area contributed by atoms with Crippen LogP contribution in [0.2, 0.25) is 0 Å². The molecule has 3 aliphatic rings. The van der Waals surface area contributed by atoms with E-state index in [1.165, 1.54) is 32.1 Å². The van der Waals surface area contributed by atoms with E-state index in [0.717, 1.165) is 48.1 Å². The average molecular weight is 429 g/mol. The summed E-state index contributed by atoms with van der Waals surface area (Å²) in [5.41, 5.74) is 5.36. The second-order valence-corrected chi connectivity index (χ2v) is 8.79. The number of rotatable bonds is 2. The first-order valence-electron chi connectivity index (χ1n) is 11.9. The van der Waals surface area contributed by atoms with Gasteiger partial charge in [0.2, 0.25) is 0 Å². The molecular formula is C28H32N2O2. The van der Waals surface area contributed by atoms with E-state index >= 15 is 0 Å². The Morgan fingerprint density at radius 1 is 0.656 bits per heavy atom. The van der Waals surface area contributed by atoms with Crippen LogP contribution in [0.3, 0.4) is 0 Å². The molecule has 1 aliphatic carbocycles. The van der Waals surface area contributed by atoms with E-state index in [-0.39, 0.29) is 11.8 Å². The van der Waals surface area contributed by atoms with Gasteiger partial charge in [-0.05, 0) is 43.7 Å². The number of hydrogen-bond acceptors (Lipinski definition) is 2. The van der Waals surface area contributed by atoms with E-state index in [0.29, 0.717) is 16.8 Å². The number of amides is 2. The maximum absolute atomic E-state index is 13.0. The van der Waals surface area contributed by atoms with Crippen molar-refractivity contribution in [2.24, 2.45) is 0 Å². The molecule has 4 nitrogen and oxygen atoms in total. The molecular weight excluding hydrogens is 396 g/mol. The molecule has 0 atom stereocenters. The van der Waals surface area contributed by atoms with Crippen LogP contribution in [0.15, 0.2) is 77.0 Å². The van der Waals surface area contributed by atoms with Gasteiger partial charge in [0, 0.05) is 0 Å². The van der Waals surface area contributed by atoms with Gasteiger partial charge in [-0.25, -0.2) is 0 Å². The van der Waals surface area contributed by atoms with Crippen LogP contribution in [0.1, 0.15) is 68.9 Å². The van der Waals surface area contributed by atoms with E-state index in [1.807, 2.05) is 55.5 Å². The fourth-order valence-corrected chi connectivity index (χ4v) is 4.60. The fourth-order valence-electron chi connectivity index (χ4n) is 4.60. The molecule has 0 fully saturated rings. The first kappa shape index (κ1) is 22.1. The smallest absolute Gasteiger partial charge is 0.258 e. The van der Waals surface area contributed by atoms with Gasteiger partial charge in [0.1, 0.15) is 0 Å². The molecule has 1 aromatic carbocycles. The number of carbonyl (C=O) groups is 2. The highest BCUT2D eigenvalue weighted by Crippen LogP contribution is 2.37. The van der Waals surface area contributed by atoms with Crippen molar-refractivity contribution in [2.75, 3.05) is 0 Å². The summed E-state index contributed by atoms with van der Waals surface area (Å²) < 4.78 is 0. The molecule has 2 N–H and O–H groups in total. The number of carbonyl (C=O) groups excluding carboxylic acids is 2. The Balaban J connectivity index is 1.75. The highest BCUT2D eigenvalue weighted by atomic mass is 16.2. The Morgan fingerprint density at radius 2 is 1.19 bits per heavy atom. The van der Waals surface area contributed by atoms with Gasteiger partial charge < -0.3 is 10.6 Å². The summed E-state index contributed by atoms with van der Waals surface area (Å²) in [6.45, 7) is 2.04. The summed E-state index contributed by atoms with van der Waals surface area (Å²) in [5, 5.41) is 6.02. The molecule has 0 aromatic heterocycles. The Hall–Kier alpha value is -3.14. The zero-order chi connectivity index (χ0) is 22.3. The largest absolute Gasteiger partial charge is 0.321 e. The maximum atomic E-state index is 13.0. The lowest BCUT2D eigenvalue weighted by molar-refractivity contribution is -0.117. The normalized spacial score (nSPS) is 21.1. The third-order valence-electron chi connectivity index (χ3n) is 6.32. The van der Waals surface area contributed by atoms with Crippen LogP contribution >= 0.6 is 0 Å². The second kappa shape index (κ2) is 10.4. The van der Waals surface area contributed by atoms with Gasteiger partial charge in [-0.1, -0.05) is 92.3 Å². The van der Waals surface area contributed by atoms with Gasteiger partial charge in [0.05, 0.1) is 22.5 Å². The van der Waals surface area contributed by atoms with Gasteiger partial charge in [-0.2, -0.15) is 0 Å². The summed E-state index contributed by atoms with van der Waals surface area (Å²) >= 11 is 0. The number of nitrogens with one attached hydrogen (secondary N) is 2. The highest BCUT2D eigenvalue weighted by molar-refractivity contribution is 6.26. The lowest BCUT2D eigenvalue weighted by Gasteiger charge is -2.11. The molecule has 0 unspecified atom stereocenters. The van der Waals surface area contributed by atoms with Crippen molar-refractivity contribution in [2.45, 2.75) is 64.7 Å². The van der Waals surface area contributed by atoms with E-state index in [2.05, 4.69) is 16.7 Å². The van der Waals surface area contributed by atoms with Crippen LogP contribution in [-0.4, -0.2) is 11.8 Å². The molecule has 32 heavy (non-hydrogen) atoms. The van der Waals surface area contributed by atoms with Crippen LogP contribution < -0.4 is 10.6 Å². The number of aryl methyl sites for hydroxylation is 1. The molecule has 166 valence electrons. The Labute approximate surface area is 190 Å². The zero-order valence-corrected chi connectivity index (χ0v) is 18.9. The lowest BCUT2D eigenvalue weighted by atomic mass is 9.98. The van der Waals surface area contributed by atoms with Gasteiger partial charge >= 0.3 is 0 Å². The standard InChI is InChI=1S/C28H32N2O2/c1-20-14-10-12-18-22(19-13-11-15-20)26-24-23(27(31)30-26)25(29-28(24)32)21-16-8-6-4-2-3-5-7-9-17-21/h10-16,18-19H,2-9,17H2,1H3,(H,29,32)(H,30,31)/b12-10?,13-11?,14-10?,15-11?,18-12?,19-13?,20-14?,20-15?,21-16+,22-18?,22-19?. The van der Waals surface area contributed by atoms with Gasteiger partial charge in [0.25, 0.3) is 11.8 Å². The predicted octanol–water partition coefficient (Wildman–Crippen LogP) is 5.80. The maximum Gasteiger partial charge on any atom is 0.258 e. The molecule has 2 amide bonds. The highest BCUT2D eigenvalue weighted by Gasteiger charge is 2.41. The third kappa shape index (κ3) is 5.01. The Kier molecular flexibility index (Phi) is 7.21. The van der Waals surface area contributed by atoms with Gasteiger partial charge in [-0.3, -0.25) is 9.59 Å². The van der Waals surface area contributed by atoms with Crippen LogP contribution in [0.25, 0.3) is 5.70 Å². The minimum atomic E-state index is -0.194. The molecule has 0 spiro atoms. The monoisotopic (exact) mass is 428 g/mol. The van der Waals surface area contributed by atoms with Crippen molar-refractivity contribution >= 4 is 17.5 Å². The molecule has 0 radical (unpaired) electrons. The summed E-state index contributed by atoms with van der Waals surface area (Å²) in [5.74, 6) is -0.388. The lowest BCUT2D eigenvalue weighted by Crippen LogP contribution is -2.22. The first-order chi connectivity index (χ1) is 15.6. The van der Waals surface area contributed by atoms with Crippen molar-refractivity contribution in [1.29, 1.82) is 0 Å². The molecule has 0 saturated heterocycles. The Morgan fingerprint density at radius 3 is 1.88 bits per heavy atom. The van der Waals surface area contributed by atoms with Crippen LogP contribution in [0.4, 0.5) is 0 Å². The minimum Gasteiger partial charge on any atom is -0.321 e. The molecule has 0 saturated carbocycles. The third-order valence-corrected chi connectivity index (χ3v) is 6.32. The molecule has 1 aromatic rings. The van der Waals surface area contributed by atoms with E-state index in [9.17, 15) is 9.59 Å². The summed E-state index contributed by atoms with van der Waals surface area (Å²) in [6.07, 6.45) is 12.7. The van der Waals surface area contributed by atoms with E-state index < -0.39 is 0 Å². The summed E-state index contributed by atoms with van der Waals surface area (Å²) in [7, 11) is 0. The summed E-state index contributed by atoms with van der Waals surface area (Å²) in [6, 6.07) is 15.7. The number of fused-ring (bicyclic) bond motifs is 1. The first-order valence-corrected chi connectivity index (χ1v) is 11.9. The van der Waals surface area contributed by atoms with Crippen molar-refractivity contribution in [3.8, 4) is 0 Å². The fraction of sp³-hybridized carbons (Fsp3) is 0.357. The van der Waals surface area contributed by atoms with Crippen molar-refractivity contribution in [3.05, 3.63) is 88.2 Å². The zero-order valence-electron chi connectivity index (χ0n) is 18.9. The van der Waals surface area contributed by atoms with Crippen molar-refractivity contribution in [1.82, 2.24) is 10.6 Å². The Bertz CT molecular complexity index is 1030.